The molecule has 0 atom stereocenters. The first-order chi connectivity index (χ1) is 16.2. The highest BCUT2D eigenvalue weighted by Gasteiger charge is 2.18. The van der Waals surface area contributed by atoms with Crippen LogP contribution in [-0.4, -0.2) is 38.2 Å². The number of imidazole rings is 1. The van der Waals surface area contributed by atoms with Crippen LogP contribution in [0.15, 0.2) is 36.2 Å². The third kappa shape index (κ3) is 5.62. The van der Waals surface area contributed by atoms with E-state index in [0.717, 1.165) is 44.0 Å². The first-order valence-corrected chi connectivity index (χ1v) is 12.8. The van der Waals surface area contributed by atoms with Gasteiger partial charge in [-0.25, -0.2) is 9.97 Å². The van der Waals surface area contributed by atoms with Crippen molar-refractivity contribution in [1.29, 1.82) is 0 Å². The van der Waals surface area contributed by atoms with Gasteiger partial charge in [0.2, 0.25) is 0 Å². The Morgan fingerprint density at radius 1 is 1.15 bits per heavy atom. The summed E-state index contributed by atoms with van der Waals surface area (Å²) in [5.41, 5.74) is 2.42. The second-order valence-electron chi connectivity index (χ2n) is 9.00. The van der Waals surface area contributed by atoms with E-state index in [2.05, 4.69) is 26.0 Å². The molecule has 0 bridgehead atoms. The molecular weight excluding hydrogens is 434 g/mol. The smallest absolute Gasteiger partial charge is 0.274 e. The van der Waals surface area contributed by atoms with Crippen molar-refractivity contribution in [3.63, 3.8) is 0 Å². The molecule has 1 saturated carbocycles. The number of hydrogen-bond acceptors (Lipinski definition) is 5. The van der Waals surface area contributed by atoms with E-state index in [9.17, 15) is 4.79 Å². The van der Waals surface area contributed by atoms with Gasteiger partial charge in [-0.15, -0.1) is 11.3 Å². The van der Waals surface area contributed by atoms with Crippen LogP contribution in [0.4, 0.5) is 5.13 Å². The summed E-state index contributed by atoms with van der Waals surface area (Å²) < 4.78 is 9.74. The lowest BCUT2D eigenvalue weighted by molar-refractivity contribution is 0.0610. The second-order valence-corrected chi connectivity index (χ2v) is 9.86. The van der Waals surface area contributed by atoms with Gasteiger partial charge in [-0.1, -0.05) is 19.3 Å². The van der Waals surface area contributed by atoms with Gasteiger partial charge in [0.25, 0.3) is 5.91 Å². The monoisotopic (exact) mass is 465 g/mol. The molecule has 0 unspecified atom stereocenters. The Bertz CT molecular complexity index is 1090. The zero-order valence-electron chi connectivity index (χ0n) is 18.9. The van der Waals surface area contributed by atoms with Crippen molar-refractivity contribution >= 4 is 34.5 Å². The number of carbonyl (C=O) groups excluding carboxylic acids is 1. The maximum Gasteiger partial charge on any atom is 0.274 e. The molecule has 0 spiro atoms. The van der Waals surface area contributed by atoms with E-state index >= 15 is 0 Å². The molecule has 3 aromatic heterocycles. The molecule has 4 heterocycles. The summed E-state index contributed by atoms with van der Waals surface area (Å²) in [6, 6.07) is 4.38. The van der Waals surface area contributed by atoms with E-state index < -0.39 is 0 Å². The minimum Gasteiger partial charge on any atom is -0.381 e. The lowest BCUT2D eigenvalue weighted by Gasteiger charge is -2.23. The van der Waals surface area contributed by atoms with E-state index in [-0.39, 0.29) is 5.91 Å². The van der Waals surface area contributed by atoms with Crippen LogP contribution in [0.25, 0.3) is 12.2 Å². The minimum absolute atomic E-state index is 0.122. The quantitative estimate of drug-likeness (QED) is 0.500. The van der Waals surface area contributed by atoms with Gasteiger partial charge >= 0.3 is 0 Å². The van der Waals surface area contributed by atoms with E-state index in [1.165, 1.54) is 43.4 Å². The van der Waals surface area contributed by atoms with Gasteiger partial charge in [0, 0.05) is 43.6 Å². The molecule has 2 aliphatic rings. The van der Waals surface area contributed by atoms with Crippen LogP contribution in [0.5, 0.6) is 0 Å². The lowest BCUT2D eigenvalue weighted by Crippen LogP contribution is -2.23. The van der Waals surface area contributed by atoms with Gasteiger partial charge in [-0.05, 0) is 55.9 Å². The number of carbonyl (C=O) groups is 1. The summed E-state index contributed by atoms with van der Waals surface area (Å²) in [5, 5.41) is 5.51. The SMILES string of the molecule is O=C(Nc1nc(C=Cc2cn(C3CCCCC3)cn2)cs1)c1cccn1CC1CCOCC1. The maximum absolute atomic E-state index is 12.9. The number of anilines is 1. The first-order valence-electron chi connectivity index (χ1n) is 12.0. The summed E-state index contributed by atoms with van der Waals surface area (Å²) in [4.78, 5) is 21.9. The largest absolute Gasteiger partial charge is 0.381 e. The number of nitrogens with one attached hydrogen (secondary N) is 1. The molecule has 1 amide bonds. The molecule has 1 aliphatic carbocycles. The van der Waals surface area contributed by atoms with Crippen molar-refractivity contribution in [1.82, 2.24) is 19.1 Å². The second kappa shape index (κ2) is 10.5. The van der Waals surface area contributed by atoms with Crippen molar-refractivity contribution in [2.75, 3.05) is 18.5 Å². The highest BCUT2D eigenvalue weighted by Crippen LogP contribution is 2.28. The van der Waals surface area contributed by atoms with Gasteiger partial charge < -0.3 is 13.9 Å². The lowest BCUT2D eigenvalue weighted by atomic mass is 9.95. The van der Waals surface area contributed by atoms with Crippen LogP contribution in [0.2, 0.25) is 0 Å². The molecule has 1 saturated heterocycles. The topological polar surface area (TPSA) is 74.0 Å². The molecule has 174 valence electrons. The predicted molar refractivity (Wildman–Crippen MR) is 131 cm³/mol. The molecule has 33 heavy (non-hydrogen) atoms. The number of nitrogens with zero attached hydrogens (tertiary/aromatic N) is 4. The zero-order valence-corrected chi connectivity index (χ0v) is 19.7. The number of amides is 1. The molecule has 1 aliphatic heterocycles. The molecule has 5 rings (SSSR count). The molecule has 7 nitrogen and oxygen atoms in total. The van der Waals surface area contributed by atoms with Crippen molar-refractivity contribution in [3.8, 4) is 0 Å². The van der Waals surface area contributed by atoms with E-state index in [0.29, 0.717) is 22.8 Å². The Morgan fingerprint density at radius 3 is 2.82 bits per heavy atom. The van der Waals surface area contributed by atoms with Crippen LogP contribution in [-0.2, 0) is 11.3 Å². The predicted octanol–water partition coefficient (Wildman–Crippen LogP) is 5.50. The molecule has 3 aromatic rings. The Balaban J connectivity index is 1.18. The van der Waals surface area contributed by atoms with E-state index in [1.54, 1.807) is 0 Å². The van der Waals surface area contributed by atoms with Crippen LogP contribution < -0.4 is 5.32 Å². The molecule has 8 heteroatoms. The number of hydrogen-bond donors (Lipinski definition) is 1. The van der Waals surface area contributed by atoms with Crippen molar-refractivity contribution < 1.29 is 9.53 Å². The number of ether oxygens (including phenoxy) is 1. The van der Waals surface area contributed by atoms with Gasteiger partial charge in [-0.2, -0.15) is 0 Å². The fourth-order valence-electron chi connectivity index (χ4n) is 4.76. The fraction of sp³-hybridized carbons (Fsp3) is 0.480. The van der Waals surface area contributed by atoms with Crippen LogP contribution >= 0.6 is 11.3 Å². The highest BCUT2D eigenvalue weighted by molar-refractivity contribution is 7.14. The summed E-state index contributed by atoms with van der Waals surface area (Å²) in [7, 11) is 0. The summed E-state index contributed by atoms with van der Waals surface area (Å²) in [6.07, 6.45) is 18.5. The Kier molecular flexibility index (Phi) is 7.02. The third-order valence-corrected chi connectivity index (χ3v) is 7.42. The normalized spacial score (nSPS) is 18.2. The Morgan fingerprint density at radius 2 is 1.97 bits per heavy atom. The number of thiazole rings is 1. The molecule has 2 fully saturated rings. The minimum atomic E-state index is -0.122. The summed E-state index contributed by atoms with van der Waals surface area (Å²) in [6.45, 7) is 2.46. The Hall–Kier alpha value is -2.71. The van der Waals surface area contributed by atoms with Gasteiger partial charge in [0.1, 0.15) is 5.69 Å². The van der Waals surface area contributed by atoms with E-state index in [1.807, 2.05) is 46.8 Å². The van der Waals surface area contributed by atoms with Crippen molar-refractivity contribution in [3.05, 3.63) is 53.3 Å². The van der Waals surface area contributed by atoms with Crippen molar-refractivity contribution in [2.45, 2.75) is 57.5 Å². The molecular formula is C25H31N5O2S. The average molecular weight is 466 g/mol. The average Bonchev–Trinajstić information content (AvgIpc) is 3.60. The van der Waals surface area contributed by atoms with Crippen LogP contribution in [0, 0.1) is 5.92 Å². The number of rotatable bonds is 7. The third-order valence-electron chi connectivity index (χ3n) is 6.64. The fourth-order valence-corrected chi connectivity index (χ4v) is 5.43. The maximum atomic E-state index is 12.9. The summed E-state index contributed by atoms with van der Waals surface area (Å²) in [5.74, 6) is 0.430. The molecule has 1 N–H and O–H groups in total. The highest BCUT2D eigenvalue weighted by atomic mass is 32.1. The number of aromatic nitrogens is 4. The molecule has 0 aromatic carbocycles. The Labute approximate surface area is 198 Å². The summed E-state index contributed by atoms with van der Waals surface area (Å²) >= 11 is 1.43. The van der Waals surface area contributed by atoms with Gasteiger partial charge in [0.15, 0.2) is 5.13 Å². The van der Waals surface area contributed by atoms with Crippen molar-refractivity contribution in [2.24, 2.45) is 5.92 Å². The standard InChI is InChI=1S/C25H31N5O2S/c31-24(23-7-4-12-29(23)15-19-10-13-32-14-11-19)28-25-27-21(17-33-25)9-8-20-16-30(18-26-20)22-5-2-1-3-6-22/h4,7-9,12,16-19,22H,1-3,5-6,10-11,13-15H2,(H,27,28,31). The first kappa shape index (κ1) is 22.1. The van der Waals surface area contributed by atoms with E-state index in [4.69, 9.17) is 4.74 Å². The van der Waals surface area contributed by atoms with Gasteiger partial charge in [0.05, 0.1) is 17.7 Å². The van der Waals surface area contributed by atoms with Crippen LogP contribution in [0.3, 0.4) is 0 Å². The van der Waals surface area contributed by atoms with Crippen LogP contribution in [0.1, 0.15) is 72.9 Å². The van der Waals surface area contributed by atoms with Gasteiger partial charge in [-0.3, -0.25) is 10.1 Å². The molecule has 0 radical (unpaired) electrons. The zero-order chi connectivity index (χ0) is 22.5.